The second-order valence-corrected chi connectivity index (χ2v) is 12.9. The van der Waals surface area contributed by atoms with Gasteiger partial charge in [0.1, 0.15) is 0 Å². The van der Waals surface area contributed by atoms with E-state index in [-0.39, 0.29) is 0 Å². The molecule has 2 aromatic rings. The average Bonchev–Trinajstić information content (AvgIpc) is 2.95. The summed E-state index contributed by atoms with van der Waals surface area (Å²) in [6.45, 7) is 7.24. The van der Waals surface area contributed by atoms with E-state index in [9.17, 15) is 0 Å². The van der Waals surface area contributed by atoms with Crippen molar-refractivity contribution in [3.63, 3.8) is 0 Å². The Hall–Kier alpha value is -0.140. The molecule has 0 fully saturated rings. The molecule has 0 radical (unpaired) electrons. The summed E-state index contributed by atoms with van der Waals surface area (Å²) in [5.74, 6) is 0. The quantitative estimate of drug-likeness (QED) is 0.469. The van der Waals surface area contributed by atoms with E-state index >= 15 is 0 Å². The van der Waals surface area contributed by atoms with Gasteiger partial charge in [0.15, 0.2) is 0 Å². The van der Waals surface area contributed by atoms with Crippen LogP contribution in [0.15, 0.2) is 54.1 Å². The normalized spacial score (nSPS) is 15.6. The molecule has 0 N–H and O–H groups in total. The molecule has 0 saturated heterocycles. The van der Waals surface area contributed by atoms with Crippen LogP contribution in [0.1, 0.15) is 30.0 Å². The molecule has 0 nitrogen and oxygen atoms in total. The molecule has 0 amide bonds. The molecule has 120 valence electrons. The van der Waals surface area contributed by atoms with E-state index in [1.807, 2.05) is 0 Å². The predicted octanol–water partition coefficient (Wildman–Crippen LogP) is 6.65. The first-order chi connectivity index (χ1) is 11.1. The molecule has 4 heteroatoms. The third kappa shape index (κ3) is 4.48. The zero-order chi connectivity index (χ0) is 16.8. The van der Waals surface area contributed by atoms with Crippen LogP contribution < -0.4 is 0 Å². The molecule has 0 bridgehead atoms. The Kier molecular flexibility index (Phi) is 7.82. The maximum atomic E-state index is 4.93. The number of rotatable bonds is 3. The second kappa shape index (κ2) is 9.37. The van der Waals surface area contributed by atoms with Crippen molar-refractivity contribution >= 4 is 31.9 Å². The molecule has 0 spiro atoms. The fourth-order valence-electron chi connectivity index (χ4n) is 3.47. The molecule has 0 heterocycles. The summed E-state index contributed by atoms with van der Waals surface area (Å²) in [4.78, 5) is 0. The molecule has 23 heavy (non-hydrogen) atoms. The van der Waals surface area contributed by atoms with Crippen molar-refractivity contribution in [3.8, 4) is 11.1 Å². The SMILES string of the molecule is CCC1=Cc2c(-c3ccccc3)cccc2C1[SiH](C)C.[Cl][Zr][Cl]. The van der Waals surface area contributed by atoms with Crippen molar-refractivity contribution in [2.75, 3.05) is 0 Å². The molecule has 2 aromatic carbocycles. The van der Waals surface area contributed by atoms with E-state index < -0.39 is 29.6 Å². The zero-order valence-corrected chi connectivity index (χ0v) is 18.9. The van der Waals surface area contributed by atoms with E-state index in [1.54, 1.807) is 11.1 Å². The van der Waals surface area contributed by atoms with Gasteiger partial charge in [-0.05, 0) is 34.2 Å². The van der Waals surface area contributed by atoms with Crippen molar-refractivity contribution in [1.29, 1.82) is 0 Å². The topological polar surface area (TPSA) is 0 Å². The van der Waals surface area contributed by atoms with Crippen molar-refractivity contribution in [3.05, 3.63) is 65.2 Å². The van der Waals surface area contributed by atoms with Crippen LogP contribution in [-0.4, -0.2) is 8.80 Å². The van der Waals surface area contributed by atoms with Gasteiger partial charge in [-0.2, -0.15) is 0 Å². The molecule has 1 atom stereocenters. The maximum absolute atomic E-state index is 4.93. The van der Waals surface area contributed by atoms with Gasteiger partial charge in [0, 0.05) is 8.80 Å². The Morgan fingerprint density at radius 1 is 1.00 bits per heavy atom. The van der Waals surface area contributed by atoms with Crippen LogP contribution in [0, 0.1) is 0 Å². The van der Waals surface area contributed by atoms with Gasteiger partial charge in [0.05, 0.1) is 0 Å². The van der Waals surface area contributed by atoms with Crippen molar-refractivity contribution in [2.24, 2.45) is 0 Å². The fraction of sp³-hybridized carbons (Fsp3) is 0.263. The molecule has 0 aliphatic heterocycles. The van der Waals surface area contributed by atoms with Crippen molar-refractivity contribution in [1.82, 2.24) is 0 Å². The third-order valence-electron chi connectivity index (χ3n) is 4.36. The predicted molar refractivity (Wildman–Crippen MR) is 103 cm³/mol. The summed E-state index contributed by atoms with van der Waals surface area (Å²) in [7, 11) is 9.15. The zero-order valence-electron chi connectivity index (χ0n) is 13.8. The van der Waals surface area contributed by atoms with Crippen molar-refractivity contribution < 1.29 is 20.8 Å². The minimum atomic E-state index is -0.826. The summed E-state index contributed by atoms with van der Waals surface area (Å²) in [5, 5.41) is 0. The van der Waals surface area contributed by atoms with Gasteiger partial charge in [0.2, 0.25) is 0 Å². The van der Waals surface area contributed by atoms with Crippen LogP contribution in [-0.2, 0) is 20.8 Å². The van der Waals surface area contributed by atoms with Crippen LogP contribution in [0.4, 0.5) is 0 Å². The molecular weight excluding hydrogens is 418 g/mol. The Morgan fingerprint density at radius 3 is 2.22 bits per heavy atom. The summed E-state index contributed by atoms with van der Waals surface area (Å²) in [5.41, 5.74) is 8.16. The van der Waals surface area contributed by atoms with Gasteiger partial charge >= 0.3 is 37.9 Å². The number of halogens is 2. The third-order valence-corrected chi connectivity index (χ3v) is 6.48. The molecular formula is C19H22Cl2SiZr. The number of allylic oxidation sites excluding steroid dienone is 1. The fourth-order valence-corrected chi connectivity index (χ4v) is 5.67. The van der Waals surface area contributed by atoms with Crippen molar-refractivity contribution in [2.45, 2.75) is 32.0 Å². The average molecular weight is 441 g/mol. The Bertz CT molecular complexity index is 668. The van der Waals surface area contributed by atoms with Gasteiger partial charge in [-0.1, -0.05) is 80.2 Å². The standard InChI is InChI=1S/C19H22Si.2ClH.Zr/c1-4-14-13-18-16(15-9-6-5-7-10-15)11-8-12-17(18)19(14)20(2)3;;;/h5-13,19-20H,4H2,1-3H3;2*1H;/q;;;+2/p-2. The number of hydrogen-bond acceptors (Lipinski definition) is 0. The van der Waals surface area contributed by atoms with Crippen LogP contribution in [0.5, 0.6) is 0 Å². The summed E-state index contributed by atoms with van der Waals surface area (Å²) >= 11 is -0.826. The molecule has 1 unspecified atom stereocenters. The van der Waals surface area contributed by atoms with E-state index in [0.717, 1.165) is 5.54 Å². The van der Waals surface area contributed by atoms with Gasteiger partial charge < -0.3 is 0 Å². The van der Waals surface area contributed by atoms with Crippen LogP contribution >= 0.6 is 17.0 Å². The second-order valence-electron chi connectivity index (χ2n) is 6.04. The first kappa shape index (κ1) is 19.2. The Balaban J connectivity index is 0.000000595. The van der Waals surface area contributed by atoms with E-state index in [2.05, 4.69) is 74.6 Å². The Labute approximate surface area is 160 Å². The van der Waals surface area contributed by atoms with E-state index in [0.29, 0.717) is 0 Å². The van der Waals surface area contributed by atoms with Crippen LogP contribution in [0.25, 0.3) is 17.2 Å². The Morgan fingerprint density at radius 2 is 1.65 bits per heavy atom. The first-order valence-corrected chi connectivity index (χ1v) is 17.3. The van der Waals surface area contributed by atoms with Gasteiger partial charge in [-0.3, -0.25) is 0 Å². The summed E-state index contributed by atoms with van der Waals surface area (Å²) in [6.07, 6.45) is 3.65. The summed E-state index contributed by atoms with van der Waals surface area (Å²) in [6, 6.07) is 17.6. The number of fused-ring (bicyclic) bond motifs is 1. The molecule has 1 aliphatic carbocycles. The van der Waals surface area contributed by atoms with Crippen LogP contribution in [0.3, 0.4) is 0 Å². The van der Waals surface area contributed by atoms with Crippen LogP contribution in [0.2, 0.25) is 13.1 Å². The molecule has 3 rings (SSSR count). The van der Waals surface area contributed by atoms with Gasteiger partial charge in [0.25, 0.3) is 0 Å². The molecule has 1 aliphatic rings. The van der Waals surface area contributed by atoms with Gasteiger partial charge in [-0.15, -0.1) is 0 Å². The summed E-state index contributed by atoms with van der Waals surface area (Å²) < 4.78 is 0. The number of hydrogen-bond donors (Lipinski definition) is 0. The van der Waals surface area contributed by atoms with E-state index in [1.165, 1.54) is 23.1 Å². The first-order valence-electron chi connectivity index (χ1n) is 7.99. The number of benzene rings is 2. The minimum absolute atomic E-state index is 0.718. The monoisotopic (exact) mass is 438 g/mol. The molecule has 0 saturated carbocycles. The molecule has 0 aromatic heterocycles. The van der Waals surface area contributed by atoms with E-state index in [4.69, 9.17) is 17.0 Å². The van der Waals surface area contributed by atoms with Gasteiger partial charge in [-0.25, -0.2) is 0 Å².